The minimum absolute atomic E-state index is 0.0849. The van der Waals surface area contributed by atoms with Crippen LogP contribution in [0.1, 0.15) is 146 Å². The van der Waals surface area contributed by atoms with Crippen LogP contribution in [0.25, 0.3) is 140 Å². The molecule has 0 fully saturated rings. The number of pyridine rings is 2. The zero-order valence-corrected chi connectivity index (χ0v) is 85.3. The van der Waals surface area contributed by atoms with Crippen molar-refractivity contribution >= 4 is 44.4 Å². The Hall–Kier alpha value is -16.4. The highest BCUT2D eigenvalue weighted by Gasteiger charge is 2.24. The average Bonchev–Trinajstić information content (AvgIpc) is 1.61. The molecule has 0 saturated heterocycles. The van der Waals surface area contributed by atoms with Gasteiger partial charge in [0.1, 0.15) is 85.3 Å². The normalized spacial score (nSPS) is 11.8. The van der Waals surface area contributed by atoms with Crippen molar-refractivity contribution in [1.29, 1.82) is 0 Å². The Labute approximate surface area is 843 Å². The van der Waals surface area contributed by atoms with E-state index in [-0.39, 0.29) is 47.3 Å². The van der Waals surface area contributed by atoms with Crippen LogP contribution in [-0.4, -0.2) is 126 Å². The zero-order chi connectivity index (χ0) is 103. The van der Waals surface area contributed by atoms with Crippen molar-refractivity contribution in [2.24, 2.45) is 0 Å². The number of benzene rings is 13. The van der Waals surface area contributed by atoms with Crippen LogP contribution in [0, 0.1) is 19.7 Å². The fraction of sp³-hybridized carbons (Fsp3) is 0.233. The number of aliphatic hydroxyl groups is 3. The summed E-state index contributed by atoms with van der Waals surface area (Å²) < 4.78 is 58.6. The molecule has 0 saturated carbocycles. The first-order valence-corrected chi connectivity index (χ1v) is 48.4. The number of aromatic hydroxyl groups is 2. The molecule has 7 heterocycles. The van der Waals surface area contributed by atoms with Gasteiger partial charge >= 0.3 is 0 Å². The van der Waals surface area contributed by atoms with Gasteiger partial charge in [-0.25, -0.2) is 28.4 Å². The van der Waals surface area contributed by atoms with Crippen molar-refractivity contribution in [3.05, 3.63) is 356 Å². The van der Waals surface area contributed by atoms with E-state index in [1.807, 2.05) is 275 Å². The number of rotatable bonds is 23. The molecule has 0 unspecified atom stereocenters. The molecule has 0 amide bonds. The second-order valence-corrected chi connectivity index (χ2v) is 39.5. The molecule has 24 nitrogen and oxygen atoms in total. The predicted molar refractivity (Wildman–Crippen MR) is 574 cm³/mol. The maximum atomic E-state index is 14.8. The highest BCUT2D eigenvalue weighted by Crippen LogP contribution is 2.40. The topological polar surface area (TPSA) is 283 Å². The summed E-state index contributed by atoms with van der Waals surface area (Å²) in [6.45, 7) is 37.1. The van der Waals surface area contributed by atoms with Crippen LogP contribution in [0.15, 0.2) is 322 Å². The van der Waals surface area contributed by atoms with Crippen LogP contribution in [0.2, 0.25) is 0 Å². The third-order valence-corrected chi connectivity index (χ3v) is 24.0. The number of nitrogens with zero attached hydrogens (tertiary/aromatic N) is 13. The first-order valence-electron chi connectivity index (χ1n) is 48.4. The Morgan fingerprint density at radius 2 is 0.614 bits per heavy atom. The van der Waals surface area contributed by atoms with E-state index < -0.39 is 16.8 Å². The van der Waals surface area contributed by atoms with Crippen molar-refractivity contribution in [3.63, 3.8) is 0 Å². The summed E-state index contributed by atoms with van der Waals surface area (Å²) in [5.74, 6) is 4.84. The third kappa shape index (κ3) is 24.5. The van der Waals surface area contributed by atoms with Crippen LogP contribution in [0.3, 0.4) is 0 Å². The van der Waals surface area contributed by atoms with Crippen LogP contribution in [0.4, 0.5) is 4.39 Å². The molecular formula is C120H122FN13O11. The predicted octanol–water partition coefficient (Wildman–Crippen LogP) is 26.8. The third-order valence-electron chi connectivity index (χ3n) is 24.0. The number of ether oxygens (including phenoxy) is 6. The molecular weight excluding hydrogens is 1820 g/mol. The van der Waals surface area contributed by atoms with E-state index >= 15 is 0 Å². The minimum Gasteiger partial charge on any atom is -0.508 e. The highest BCUT2D eigenvalue weighted by molar-refractivity contribution is 5.88. The molecule has 5 N–H and O–H groups in total. The number of phenolic OH excluding ortho intramolecular Hbond substituents is 2. The lowest BCUT2D eigenvalue weighted by Gasteiger charge is -2.21. The monoisotopic (exact) mass is 1940 g/mol. The maximum Gasteiger partial charge on any atom is 0.137 e. The lowest BCUT2D eigenvalue weighted by atomic mass is 9.95. The fourth-order valence-corrected chi connectivity index (χ4v) is 16.8. The summed E-state index contributed by atoms with van der Waals surface area (Å²) in [5, 5.41) is 75.0. The van der Waals surface area contributed by atoms with E-state index in [1.165, 1.54) is 6.07 Å². The van der Waals surface area contributed by atoms with Gasteiger partial charge in [-0.2, -0.15) is 0 Å². The van der Waals surface area contributed by atoms with Gasteiger partial charge in [-0.05, 0) is 375 Å². The molecule has 20 aromatic rings. The van der Waals surface area contributed by atoms with Crippen LogP contribution < -0.4 is 28.4 Å². The first kappa shape index (κ1) is 102. The van der Waals surface area contributed by atoms with E-state index in [9.17, 15) is 29.9 Å². The van der Waals surface area contributed by atoms with Crippen LogP contribution in [-0.2, 0) is 16.8 Å². The molecule has 20 rings (SSSR count). The molecule has 0 bridgehead atoms. The number of hydrogen-bond acceptors (Lipinski definition) is 19. The Morgan fingerprint density at radius 3 is 0.993 bits per heavy atom. The summed E-state index contributed by atoms with van der Waals surface area (Å²) in [7, 11) is 1.61. The second-order valence-electron chi connectivity index (χ2n) is 39.5. The van der Waals surface area contributed by atoms with Crippen LogP contribution >= 0.6 is 0 Å². The lowest BCUT2D eigenvalue weighted by Crippen LogP contribution is -2.22. The van der Waals surface area contributed by atoms with Crippen LogP contribution in [0.5, 0.6) is 46.0 Å². The number of fused-ring (bicyclic) bond motifs is 5. The fourth-order valence-electron chi connectivity index (χ4n) is 16.8. The largest absolute Gasteiger partial charge is 0.508 e. The van der Waals surface area contributed by atoms with Crippen molar-refractivity contribution < 1.29 is 58.3 Å². The second kappa shape index (κ2) is 42.8. The smallest absolute Gasteiger partial charge is 0.137 e. The average molecular weight is 1940 g/mol. The number of aryl methyl sites for hydroxylation is 2. The summed E-state index contributed by atoms with van der Waals surface area (Å²) in [6, 6.07) is 94.3. The van der Waals surface area contributed by atoms with Crippen molar-refractivity contribution in [2.45, 2.75) is 178 Å². The molecule has 13 aromatic carbocycles. The van der Waals surface area contributed by atoms with E-state index in [0.717, 1.165) is 180 Å². The molecule has 7 aromatic heterocycles. The van der Waals surface area contributed by atoms with Crippen molar-refractivity contribution in [1.82, 2.24) is 63.8 Å². The lowest BCUT2D eigenvalue weighted by molar-refractivity contribution is 0.0780. The Balaban J connectivity index is 0.000000130. The standard InChI is InChI=1S/C27H30N2O2.C26H28N2O2.C24H24FN3O2.C24H25N3O2.C19H15N3O3/c1-18-15-25-28-16-24(20-9-13-22(14-10-20)31-26(2,3)4)29(25)17-23(18)19-7-11-21(12-8-19)27(5,6)30;1-17(2)30-22-12-8-20(9-13-22)24-15-27-25-14-18(3)23(16-28(24)25)19-6-10-21(11-7-19)26(4,5)29;1-15(2)29-19-9-5-17(6-10-19)21-13-24-23(14-22(21)25)26-27-28(24)18-7-11-20(12-8-18)30-16(3)4;1-16(2)29-21-12-10-20(11-13-21)27-23-15-18(7-14-22(23)25-26-27)17-5-8-19(9-6-17)24(3,4)28;1-25-19-11-17-18(10-16(19)12-2-6-14(23)7-3-12)22(21-20-17)13-4-8-15(24)9-5-13/h7-17,30H,1-6H3;6-17,29H,1-5H3;5-16H,1-4H3;5-16,28H,1-4H3;2-11,23-24H,1H3. The van der Waals surface area contributed by atoms with Gasteiger partial charge in [0.2, 0.25) is 0 Å². The number of methoxy groups -OCH3 is 1. The summed E-state index contributed by atoms with van der Waals surface area (Å²) in [5.41, 5.74) is 25.1. The molecule has 0 radical (unpaired) electrons. The molecule has 145 heavy (non-hydrogen) atoms. The molecule has 0 aliphatic heterocycles. The maximum absolute atomic E-state index is 14.8. The van der Waals surface area contributed by atoms with Gasteiger partial charge in [-0.15, -0.1) is 15.3 Å². The number of aromatic nitrogens is 13. The van der Waals surface area contributed by atoms with Crippen molar-refractivity contribution in [3.8, 4) is 141 Å². The van der Waals surface area contributed by atoms with Gasteiger partial charge in [0.05, 0.1) is 106 Å². The molecule has 740 valence electrons. The first-order chi connectivity index (χ1) is 69.1. The molecule has 0 atom stereocenters. The Morgan fingerprint density at radius 1 is 0.310 bits per heavy atom. The number of phenols is 2. The number of hydrogen-bond donors (Lipinski definition) is 5. The summed E-state index contributed by atoms with van der Waals surface area (Å²) in [6.07, 6.45) is 8.59. The SMILES string of the molecule is CC(C)Oc1ccc(-c2cc3c(cc2F)nnn3-c2ccc(OC(C)C)cc2)cc1.CC(C)Oc1ccc(-n2nnc3ccc(-c4ccc(C(C)(C)O)cc4)cc32)cc1.COc1cc2nnn(-c3ccc(O)cc3)c2cc1-c1ccc(O)cc1.Cc1cc2ncc(-c3ccc(OC(C)(C)C)cc3)n2cc1-c1ccc(C(C)(C)O)cc1.Cc1cc2ncc(-c3ccc(OC(C)C)cc3)n2cc1-c1ccc(C(C)(C)O)cc1. The van der Waals surface area contributed by atoms with Gasteiger partial charge < -0.3 is 54.0 Å². The molecule has 0 aliphatic carbocycles. The Kier molecular flexibility index (Phi) is 30.0. The number of halogens is 1. The highest BCUT2D eigenvalue weighted by atomic mass is 19.1. The zero-order valence-electron chi connectivity index (χ0n) is 85.3. The van der Waals surface area contributed by atoms with E-state index in [4.69, 9.17) is 28.4 Å². The van der Waals surface area contributed by atoms with Gasteiger partial charge in [0.15, 0.2) is 0 Å². The van der Waals surface area contributed by atoms with Gasteiger partial charge in [-0.3, -0.25) is 8.80 Å². The number of imidazole rings is 2. The quantitative estimate of drug-likeness (QED) is 0.0398. The minimum atomic E-state index is -0.851. The van der Waals surface area contributed by atoms with E-state index in [1.54, 1.807) is 100 Å². The molecule has 25 heteroatoms. The summed E-state index contributed by atoms with van der Waals surface area (Å²) >= 11 is 0. The Bertz CT molecular complexity index is 7850. The van der Waals surface area contributed by atoms with Gasteiger partial charge in [-0.1, -0.05) is 119 Å². The molecule has 0 aliphatic rings. The van der Waals surface area contributed by atoms with Gasteiger partial charge in [0, 0.05) is 57.9 Å². The van der Waals surface area contributed by atoms with E-state index in [0.29, 0.717) is 22.3 Å². The molecule has 0 spiro atoms. The van der Waals surface area contributed by atoms with Crippen molar-refractivity contribution in [2.75, 3.05) is 7.11 Å². The van der Waals surface area contributed by atoms with E-state index in [2.05, 4.69) is 143 Å². The summed E-state index contributed by atoms with van der Waals surface area (Å²) in [4.78, 5) is 9.22. The van der Waals surface area contributed by atoms with Gasteiger partial charge in [0.25, 0.3) is 0 Å².